The van der Waals surface area contributed by atoms with Crippen LogP contribution >= 0.6 is 0 Å². The fourth-order valence-electron chi connectivity index (χ4n) is 5.81. The molecule has 3 aliphatic rings. The number of anilines is 1. The minimum atomic E-state index is 0.393. The summed E-state index contributed by atoms with van der Waals surface area (Å²) in [4.78, 5) is 12.7. The SMILES string of the molecule is C=C/C(=C\C=C/CC)c1cc(N2CC(C3CCC=C/C3=C/CC)C(/C=C\C=C/C)=C2C)nc(C2=CCC=CC=C2)n1. The van der Waals surface area contributed by atoms with Crippen molar-refractivity contribution in [3.63, 3.8) is 0 Å². The van der Waals surface area contributed by atoms with E-state index in [0.29, 0.717) is 11.8 Å². The van der Waals surface area contributed by atoms with Crippen molar-refractivity contribution in [3.05, 3.63) is 138 Å². The number of aromatic nitrogens is 2. The molecule has 212 valence electrons. The molecule has 0 saturated heterocycles. The zero-order valence-corrected chi connectivity index (χ0v) is 25.3. The molecule has 2 atom stereocenters. The fraction of sp³-hybridized carbons (Fsp3) is 0.316. The lowest BCUT2D eigenvalue weighted by atomic mass is 9.76. The van der Waals surface area contributed by atoms with E-state index in [1.807, 2.05) is 6.08 Å². The molecule has 4 rings (SSSR count). The molecular formula is C38H45N3. The van der Waals surface area contributed by atoms with Gasteiger partial charge in [-0.2, -0.15) is 0 Å². The largest absolute Gasteiger partial charge is 0.329 e. The highest BCUT2D eigenvalue weighted by Crippen LogP contribution is 2.43. The number of allylic oxidation sites excluding steroid dienone is 20. The Kier molecular flexibility index (Phi) is 11.1. The molecule has 2 unspecified atom stereocenters. The molecule has 2 aliphatic carbocycles. The Hall–Kier alpha value is -3.98. The van der Waals surface area contributed by atoms with Crippen LogP contribution in [0.15, 0.2) is 127 Å². The first-order valence-electron chi connectivity index (χ1n) is 15.2. The van der Waals surface area contributed by atoms with Gasteiger partial charge in [0.05, 0.1) is 5.69 Å². The molecule has 0 saturated carbocycles. The molecule has 41 heavy (non-hydrogen) atoms. The Labute approximate surface area is 247 Å². The first kappa shape index (κ1) is 30.0. The van der Waals surface area contributed by atoms with Gasteiger partial charge in [0.2, 0.25) is 0 Å². The number of nitrogens with zero attached hydrogens (tertiary/aromatic N) is 3. The van der Waals surface area contributed by atoms with E-state index in [4.69, 9.17) is 9.97 Å². The third kappa shape index (κ3) is 7.41. The molecule has 2 heterocycles. The van der Waals surface area contributed by atoms with E-state index >= 15 is 0 Å². The van der Waals surface area contributed by atoms with E-state index < -0.39 is 0 Å². The highest BCUT2D eigenvalue weighted by Gasteiger charge is 2.36. The predicted molar refractivity (Wildman–Crippen MR) is 178 cm³/mol. The molecule has 0 N–H and O–H groups in total. The second kappa shape index (κ2) is 15.1. The number of rotatable bonds is 10. The van der Waals surface area contributed by atoms with Crippen LogP contribution in [0.4, 0.5) is 5.82 Å². The van der Waals surface area contributed by atoms with E-state index in [1.165, 1.54) is 23.3 Å². The summed E-state index contributed by atoms with van der Waals surface area (Å²) in [5.41, 5.74) is 7.06. The minimum absolute atomic E-state index is 0.393. The summed E-state index contributed by atoms with van der Waals surface area (Å²) in [7, 11) is 0. The first-order valence-corrected chi connectivity index (χ1v) is 15.2. The van der Waals surface area contributed by atoms with Crippen molar-refractivity contribution >= 4 is 17.0 Å². The fourth-order valence-corrected chi connectivity index (χ4v) is 5.81. The highest BCUT2D eigenvalue weighted by molar-refractivity contribution is 5.78. The van der Waals surface area contributed by atoms with Gasteiger partial charge in [0.1, 0.15) is 5.82 Å². The highest BCUT2D eigenvalue weighted by atomic mass is 15.2. The van der Waals surface area contributed by atoms with Crippen molar-refractivity contribution in [1.29, 1.82) is 0 Å². The molecule has 0 radical (unpaired) electrons. The van der Waals surface area contributed by atoms with Crippen molar-refractivity contribution in [1.82, 2.24) is 9.97 Å². The van der Waals surface area contributed by atoms with Gasteiger partial charge in [-0.15, -0.1) is 0 Å². The molecule has 3 heteroatoms. The summed E-state index contributed by atoms with van der Waals surface area (Å²) in [6, 6.07) is 2.14. The summed E-state index contributed by atoms with van der Waals surface area (Å²) in [6.45, 7) is 13.7. The van der Waals surface area contributed by atoms with Gasteiger partial charge in [-0.25, -0.2) is 9.97 Å². The molecule has 3 nitrogen and oxygen atoms in total. The van der Waals surface area contributed by atoms with Crippen LogP contribution in [-0.2, 0) is 0 Å². The smallest absolute Gasteiger partial charge is 0.161 e. The van der Waals surface area contributed by atoms with E-state index in [1.54, 1.807) is 0 Å². The van der Waals surface area contributed by atoms with Gasteiger partial charge in [-0.05, 0) is 68.6 Å². The second-order valence-corrected chi connectivity index (χ2v) is 10.6. The van der Waals surface area contributed by atoms with Crippen molar-refractivity contribution in [2.24, 2.45) is 11.8 Å². The van der Waals surface area contributed by atoms with Gasteiger partial charge >= 0.3 is 0 Å². The molecule has 0 amide bonds. The Morgan fingerprint density at radius 3 is 2.71 bits per heavy atom. The van der Waals surface area contributed by atoms with Crippen molar-refractivity contribution in [3.8, 4) is 0 Å². The lowest BCUT2D eigenvalue weighted by Gasteiger charge is -2.29. The molecule has 1 aromatic heterocycles. The predicted octanol–water partition coefficient (Wildman–Crippen LogP) is 10.1. The van der Waals surface area contributed by atoms with E-state index in [-0.39, 0.29) is 0 Å². The second-order valence-electron chi connectivity index (χ2n) is 10.6. The van der Waals surface area contributed by atoms with Gasteiger partial charge < -0.3 is 4.90 Å². The maximum atomic E-state index is 5.20. The number of hydrogen-bond donors (Lipinski definition) is 0. The molecule has 0 bridgehead atoms. The normalized spacial score (nSPS) is 22.6. The average Bonchev–Trinajstić information content (AvgIpc) is 3.14. The quantitative estimate of drug-likeness (QED) is 0.275. The van der Waals surface area contributed by atoms with Gasteiger partial charge in [-0.3, -0.25) is 0 Å². The van der Waals surface area contributed by atoms with Crippen molar-refractivity contribution in [2.75, 3.05) is 11.4 Å². The first-order chi connectivity index (χ1) is 20.1. The third-order valence-electron chi connectivity index (χ3n) is 7.90. The zero-order valence-electron chi connectivity index (χ0n) is 25.3. The van der Waals surface area contributed by atoms with Gasteiger partial charge in [-0.1, -0.05) is 118 Å². The molecule has 0 spiro atoms. The van der Waals surface area contributed by atoms with Crippen LogP contribution in [0.2, 0.25) is 0 Å². The summed E-state index contributed by atoms with van der Waals surface area (Å²) >= 11 is 0. The molecular weight excluding hydrogens is 498 g/mol. The van der Waals surface area contributed by atoms with E-state index in [9.17, 15) is 0 Å². The van der Waals surface area contributed by atoms with Crippen LogP contribution in [0.5, 0.6) is 0 Å². The van der Waals surface area contributed by atoms with E-state index in [0.717, 1.165) is 60.7 Å². The Bertz CT molecular complexity index is 1400. The summed E-state index contributed by atoms with van der Waals surface area (Å²) in [5, 5.41) is 0. The summed E-state index contributed by atoms with van der Waals surface area (Å²) in [6.07, 6.45) is 39.9. The van der Waals surface area contributed by atoms with Crippen LogP contribution in [0, 0.1) is 11.8 Å². The van der Waals surface area contributed by atoms with Crippen LogP contribution in [0.3, 0.4) is 0 Å². The Morgan fingerprint density at radius 2 is 1.93 bits per heavy atom. The Morgan fingerprint density at radius 1 is 1.05 bits per heavy atom. The lowest BCUT2D eigenvalue weighted by molar-refractivity contribution is 0.431. The van der Waals surface area contributed by atoms with Crippen molar-refractivity contribution in [2.45, 2.75) is 59.8 Å². The summed E-state index contributed by atoms with van der Waals surface area (Å²) in [5.74, 6) is 2.57. The van der Waals surface area contributed by atoms with Crippen LogP contribution in [0.1, 0.15) is 71.3 Å². The van der Waals surface area contributed by atoms with Crippen LogP contribution in [0.25, 0.3) is 11.1 Å². The van der Waals surface area contributed by atoms with Gasteiger partial charge in [0, 0.05) is 29.8 Å². The third-order valence-corrected chi connectivity index (χ3v) is 7.90. The number of hydrogen-bond acceptors (Lipinski definition) is 3. The summed E-state index contributed by atoms with van der Waals surface area (Å²) < 4.78 is 0. The topological polar surface area (TPSA) is 29.0 Å². The standard InChI is InChI=1S/C38H45N3/c1-6-10-14-21-30(9-4)36-27-37(40-38(39-36)32-23-16-12-13-17-24-32)41-28-35(33(29(41)5)25-15-11-7-2)34-26-19-18-22-31(34)20-8-3/h7,9-16,18,20-25,27,34-35H,4,6,8,17,19,26,28H2,1-3,5H3/b11-7-,14-10-,25-15-,30-21+,31-20-. The lowest BCUT2D eigenvalue weighted by Crippen LogP contribution is -2.27. The van der Waals surface area contributed by atoms with Gasteiger partial charge in [0.15, 0.2) is 5.82 Å². The average molecular weight is 544 g/mol. The molecule has 0 aromatic carbocycles. The van der Waals surface area contributed by atoms with Crippen molar-refractivity contribution < 1.29 is 0 Å². The van der Waals surface area contributed by atoms with E-state index in [2.05, 4.69) is 136 Å². The maximum absolute atomic E-state index is 5.20. The monoisotopic (exact) mass is 543 g/mol. The van der Waals surface area contributed by atoms with Gasteiger partial charge in [0.25, 0.3) is 0 Å². The molecule has 0 fully saturated rings. The van der Waals surface area contributed by atoms with Crippen LogP contribution < -0.4 is 4.90 Å². The zero-order chi connectivity index (χ0) is 29.0. The minimum Gasteiger partial charge on any atom is -0.329 e. The molecule has 1 aromatic rings. The van der Waals surface area contributed by atoms with Crippen LogP contribution in [-0.4, -0.2) is 16.5 Å². The molecule has 1 aliphatic heterocycles. The maximum Gasteiger partial charge on any atom is 0.161 e. The Balaban J connectivity index is 1.84.